The highest BCUT2D eigenvalue weighted by molar-refractivity contribution is 7.15. The van der Waals surface area contributed by atoms with Crippen LogP contribution >= 0.6 is 22.9 Å². The van der Waals surface area contributed by atoms with E-state index in [9.17, 15) is 4.79 Å². The third-order valence-corrected chi connectivity index (χ3v) is 7.38. The van der Waals surface area contributed by atoms with E-state index in [0.29, 0.717) is 49.7 Å². The molecule has 0 aliphatic carbocycles. The number of benzene rings is 1. The number of fused-ring (bicyclic) bond motifs is 1. The van der Waals surface area contributed by atoms with Crippen LogP contribution in [0.25, 0.3) is 21.5 Å². The maximum atomic E-state index is 13.6. The highest BCUT2D eigenvalue weighted by Crippen LogP contribution is 2.34. The van der Waals surface area contributed by atoms with Crippen molar-refractivity contribution >= 4 is 39.7 Å². The average Bonchev–Trinajstić information content (AvgIpc) is 3.43. The minimum absolute atomic E-state index is 0.00559. The van der Waals surface area contributed by atoms with Crippen molar-refractivity contribution in [3.8, 4) is 10.6 Å². The molecular formula is C23H23ClN2O3S. The van der Waals surface area contributed by atoms with Gasteiger partial charge in [-0.2, -0.15) is 0 Å². The summed E-state index contributed by atoms with van der Waals surface area (Å²) in [5.41, 5.74) is 2.25. The van der Waals surface area contributed by atoms with E-state index >= 15 is 0 Å². The molecule has 2 saturated heterocycles. The number of piperidine rings is 1. The van der Waals surface area contributed by atoms with E-state index in [1.807, 2.05) is 29.2 Å². The maximum absolute atomic E-state index is 13.6. The van der Waals surface area contributed by atoms with Crippen molar-refractivity contribution in [1.29, 1.82) is 0 Å². The summed E-state index contributed by atoms with van der Waals surface area (Å²) < 4.78 is 11.6. The third kappa shape index (κ3) is 3.62. The van der Waals surface area contributed by atoms with E-state index in [0.717, 1.165) is 27.9 Å². The highest BCUT2D eigenvalue weighted by atomic mass is 35.5. The number of halogens is 1. The van der Waals surface area contributed by atoms with Crippen molar-refractivity contribution in [2.45, 2.75) is 32.0 Å². The summed E-state index contributed by atoms with van der Waals surface area (Å²) in [6.07, 6.45) is 2.37. The Kier molecular flexibility index (Phi) is 5.27. The average molecular weight is 443 g/mol. The van der Waals surface area contributed by atoms with Crippen LogP contribution in [0.5, 0.6) is 0 Å². The minimum Gasteiger partial charge on any atom is -0.347 e. The van der Waals surface area contributed by atoms with Crippen molar-refractivity contribution in [3.05, 3.63) is 51.9 Å². The molecule has 5 rings (SSSR count). The number of pyridine rings is 1. The Bertz CT molecular complexity index is 1100. The van der Waals surface area contributed by atoms with Crippen LogP contribution in [0.1, 0.15) is 35.0 Å². The number of amides is 1. The van der Waals surface area contributed by atoms with Crippen LogP contribution in [0.15, 0.2) is 36.4 Å². The van der Waals surface area contributed by atoms with E-state index in [2.05, 4.69) is 19.1 Å². The van der Waals surface area contributed by atoms with Gasteiger partial charge >= 0.3 is 0 Å². The van der Waals surface area contributed by atoms with Gasteiger partial charge in [-0.1, -0.05) is 18.5 Å². The largest absolute Gasteiger partial charge is 0.347 e. The first-order valence-corrected chi connectivity index (χ1v) is 11.5. The summed E-state index contributed by atoms with van der Waals surface area (Å²) in [6.45, 7) is 4.62. The lowest BCUT2D eigenvalue weighted by Gasteiger charge is -2.37. The molecule has 0 saturated carbocycles. The summed E-state index contributed by atoms with van der Waals surface area (Å²) in [5.74, 6) is -0.495. The van der Waals surface area contributed by atoms with Crippen LogP contribution in [-0.2, 0) is 15.9 Å². The number of hydrogen-bond acceptors (Lipinski definition) is 5. The summed E-state index contributed by atoms with van der Waals surface area (Å²) in [6, 6.07) is 11.7. The number of hydrogen-bond donors (Lipinski definition) is 0. The fourth-order valence-corrected chi connectivity index (χ4v) is 5.29. The summed E-state index contributed by atoms with van der Waals surface area (Å²) in [5, 5.41) is 1.39. The number of nitrogens with zero attached hydrogens (tertiary/aromatic N) is 2. The Morgan fingerprint density at radius 1 is 1.17 bits per heavy atom. The molecule has 4 heterocycles. The van der Waals surface area contributed by atoms with Gasteiger partial charge in [-0.15, -0.1) is 11.3 Å². The molecule has 1 aromatic carbocycles. The van der Waals surface area contributed by atoms with Crippen LogP contribution in [0.2, 0.25) is 5.02 Å². The molecule has 1 amide bonds. The smallest absolute Gasteiger partial charge is 0.254 e. The van der Waals surface area contributed by atoms with Crippen molar-refractivity contribution < 1.29 is 14.3 Å². The van der Waals surface area contributed by atoms with Crippen molar-refractivity contribution in [3.63, 3.8) is 0 Å². The second kappa shape index (κ2) is 7.93. The van der Waals surface area contributed by atoms with Crippen LogP contribution in [0.3, 0.4) is 0 Å². The van der Waals surface area contributed by atoms with Gasteiger partial charge in [0.05, 0.1) is 34.9 Å². The molecule has 2 aliphatic rings. The number of ether oxygens (including phenoxy) is 2. The number of carbonyl (C=O) groups is 1. The van der Waals surface area contributed by atoms with Gasteiger partial charge in [0.25, 0.3) is 5.91 Å². The van der Waals surface area contributed by atoms with Gasteiger partial charge in [0.2, 0.25) is 0 Å². The molecule has 2 fully saturated rings. The Morgan fingerprint density at radius 2 is 1.93 bits per heavy atom. The predicted molar refractivity (Wildman–Crippen MR) is 119 cm³/mol. The van der Waals surface area contributed by atoms with E-state index in [1.54, 1.807) is 11.3 Å². The molecular weight excluding hydrogens is 420 g/mol. The monoisotopic (exact) mass is 442 g/mol. The Hall–Kier alpha value is -1.99. The van der Waals surface area contributed by atoms with Crippen molar-refractivity contribution in [1.82, 2.24) is 9.88 Å². The van der Waals surface area contributed by atoms with E-state index in [1.165, 1.54) is 4.88 Å². The molecule has 0 radical (unpaired) electrons. The molecule has 30 heavy (non-hydrogen) atoms. The highest BCUT2D eigenvalue weighted by Gasteiger charge is 2.41. The first-order chi connectivity index (χ1) is 14.6. The molecule has 0 atom stereocenters. The summed E-state index contributed by atoms with van der Waals surface area (Å²) in [4.78, 5) is 22.6. The van der Waals surface area contributed by atoms with E-state index in [4.69, 9.17) is 26.1 Å². The van der Waals surface area contributed by atoms with E-state index in [-0.39, 0.29) is 5.91 Å². The zero-order chi connectivity index (χ0) is 20.7. The number of rotatable bonds is 3. The second-order valence-corrected chi connectivity index (χ2v) is 9.34. The molecule has 0 bridgehead atoms. The molecule has 0 unspecified atom stereocenters. The van der Waals surface area contributed by atoms with Gasteiger partial charge in [-0.05, 0) is 42.8 Å². The first kappa shape index (κ1) is 19.9. The van der Waals surface area contributed by atoms with Gasteiger partial charge in [0, 0.05) is 41.2 Å². The SMILES string of the molecule is CCc1ccc(-c2cc(C(=O)N3CCC4(CC3)OCCO4)c3cc(Cl)ccc3n2)s1. The molecule has 3 aromatic rings. The lowest BCUT2D eigenvalue weighted by atomic mass is 10.0. The Balaban J connectivity index is 1.51. The second-order valence-electron chi connectivity index (χ2n) is 7.74. The van der Waals surface area contributed by atoms with Crippen LogP contribution in [0, 0.1) is 0 Å². The zero-order valence-electron chi connectivity index (χ0n) is 16.8. The predicted octanol–water partition coefficient (Wildman–Crippen LogP) is 5.16. The third-order valence-electron chi connectivity index (χ3n) is 5.89. The molecule has 7 heteroatoms. The quantitative estimate of drug-likeness (QED) is 0.562. The van der Waals surface area contributed by atoms with Crippen LogP contribution in [-0.4, -0.2) is 47.9 Å². The Labute approximate surface area is 184 Å². The molecule has 156 valence electrons. The molecule has 2 aromatic heterocycles. The fourth-order valence-electron chi connectivity index (χ4n) is 4.21. The van der Waals surface area contributed by atoms with Gasteiger partial charge in [-0.3, -0.25) is 4.79 Å². The number of aryl methyl sites for hydroxylation is 1. The topological polar surface area (TPSA) is 51.7 Å². The molecule has 2 aliphatic heterocycles. The van der Waals surface area contributed by atoms with Crippen LogP contribution < -0.4 is 0 Å². The van der Waals surface area contributed by atoms with Crippen molar-refractivity contribution in [2.24, 2.45) is 0 Å². The number of aromatic nitrogens is 1. The molecule has 1 spiro atoms. The zero-order valence-corrected chi connectivity index (χ0v) is 18.4. The number of likely N-dealkylation sites (tertiary alicyclic amines) is 1. The molecule has 5 nitrogen and oxygen atoms in total. The first-order valence-electron chi connectivity index (χ1n) is 10.3. The van der Waals surface area contributed by atoms with Crippen LogP contribution in [0.4, 0.5) is 0 Å². The van der Waals surface area contributed by atoms with E-state index < -0.39 is 5.79 Å². The fraction of sp³-hybridized carbons (Fsp3) is 0.391. The number of carbonyl (C=O) groups excluding carboxylic acids is 1. The Morgan fingerprint density at radius 3 is 2.63 bits per heavy atom. The van der Waals surface area contributed by atoms with Gasteiger partial charge in [0.1, 0.15) is 0 Å². The maximum Gasteiger partial charge on any atom is 0.254 e. The number of thiophene rings is 1. The van der Waals surface area contributed by atoms with Gasteiger partial charge in [-0.25, -0.2) is 4.98 Å². The lowest BCUT2D eigenvalue weighted by Crippen LogP contribution is -2.47. The minimum atomic E-state index is -0.501. The standard InChI is InChI=1S/C23H23ClN2O3S/c1-2-16-4-6-21(30-16)20-14-18(17-13-15(24)3-5-19(17)25-20)22(27)26-9-7-23(8-10-26)28-11-12-29-23/h3-6,13-14H,2,7-12H2,1H3. The molecule has 0 N–H and O–H groups in total. The summed E-state index contributed by atoms with van der Waals surface area (Å²) >= 11 is 7.98. The normalized spacial score (nSPS) is 18.4. The van der Waals surface area contributed by atoms with Gasteiger partial charge < -0.3 is 14.4 Å². The van der Waals surface area contributed by atoms with Crippen molar-refractivity contribution in [2.75, 3.05) is 26.3 Å². The summed E-state index contributed by atoms with van der Waals surface area (Å²) in [7, 11) is 0. The van der Waals surface area contributed by atoms with Gasteiger partial charge in [0.15, 0.2) is 5.79 Å². The lowest BCUT2D eigenvalue weighted by molar-refractivity contribution is -0.181.